The van der Waals surface area contributed by atoms with Crippen LogP contribution in [-0.2, 0) is 6.42 Å². The van der Waals surface area contributed by atoms with Crippen LogP contribution in [-0.4, -0.2) is 27.5 Å². The van der Waals surface area contributed by atoms with Crippen molar-refractivity contribution >= 4 is 34.8 Å². The summed E-state index contributed by atoms with van der Waals surface area (Å²) in [6.07, 6.45) is 9.91. The molecular formula is C22H22ClN3. The summed E-state index contributed by atoms with van der Waals surface area (Å²) in [4.78, 5) is 6.96. The van der Waals surface area contributed by atoms with Crippen molar-refractivity contribution < 1.29 is 0 Å². The molecule has 26 heavy (non-hydrogen) atoms. The molecule has 0 radical (unpaired) electrons. The number of fused-ring (bicyclic) bond motifs is 6. The molecule has 0 spiro atoms. The minimum Gasteiger partial charge on any atom is -0.320 e. The first-order valence-electron chi connectivity index (χ1n) is 9.27. The average Bonchev–Trinajstić information content (AvgIpc) is 3.04. The highest BCUT2D eigenvalue weighted by Crippen LogP contribution is 2.47. The van der Waals surface area contributed by atoms with Gasteiger partial charge in [0, 0.05) is 52.7 Å². The summed E-state index contributed by atoms with van der Waals surface area (Å²) in [5.41, 5.74) is 6.34. The van der Waals surface area contributed by atoms with Crippen LogP contribution in [0.1, 0.15) is 41.4 Å². The van der Waals surface area contributed by atoms with Crippen LogP contribution in [0.15, 0.2) is 36.5 Å². The van der Waals surface area contributed by atoms with Crippen molar-refractivity contribution in [1.82, 2.24) is 14.5 Å². The monoisotopic (exact) mass is 363 g/mol. The standard InChI is InChI=1S/C22H22ClN3/c1-14-3-4-15(13-24-14)9-10-26-19-7-5-16(23)11-18(19)22-20-8-6-17(25(20)2)12-21(22)26/h3-5,7,9-11,13,17,20H,6,8,12H2,1-2H3/b10-9+. The van der Waals surface area contributed by atoms with E-state index in [2.05, 4.69) is 58.0 Å². The Kier molecular flexibility index (Phi) is 3.70. The van der Waals surface area contributed by atoms with E-state index in [0.717, 1.165) is 22.7 Å². The van der Waals surface area contributed by atoms with Gasteiger partial charge in [0.05, 0.1) is 5.52 Å². The average molecular weight is 364 g/mol. The second kappa shape index (κ2) is 5.97. The lowest BCUT2D eigenvalue weighted by Gasteiger charge is -2.32. The predicted molar refractivity (Wildman–Crippen MR) is 108 cm³/mol. The molecule has 0 amide bonds. The molecule has 1 saturated heterocycles. The number of aryl methyl sites for hydroxylation is 1. The van der Waals surface area contributed by atoms with Crippen molar-refractivity contribution in [3.05, 3.63) is 64.1 Å². The van der Waals surface area contributed by atoms with E-state index in [1.165, 1.54) is 35.0 Å². The van der Waals surface area contributed by atoms with Gasteiger partial charge in [-0.15, -0.1) is 0 Å². The van der Waals surface area contributed by atoms with E-state index in [1.807, 2.05) is 19.2 Å². The van der Waals surface area contributed by atoms with Crippen LogP contribution in [0.3, 0.4) is 0 Å². The summed E-state index contributed by atoms with van der Waals surface area (Å²) in [5.74, 6) is 0. The van der Waals surface area contributed by atoms with Gasteiger partial charge in [0.15, 0.2) is 0 Å². The van der Waals surface area contributed by atoms with E-state index in [9.17, 15) is 0 Å². The van der Waals surface area contributed by atoms with Crippen LogP contribution in [0.4, 0.5) is 0 Å². The van der Waals surface area contributed by atoms with Gasteiger partial charge in [0.2, 0.25) is 0 Å². The number of hydrogen-bond donors (Lipinski definition) is 0. The molecule has 132 valence electrons. The first-order chi connectivity index (χ1) is 12.6. The van der Waals surface area contributed by atoms with Crippen molar-refractivity contribution in [1.29, 1.82) is 0 Å². The maximum absolute atomic E-state index is 6.35. The third-order valence-electron chi connectivity index (χ3n) is 6.06. The van der Waals surface area contributed by atoms with Gasteiger partial charge in [-0.25, -0.2) is 0 Å². The molecule has 5 rings (SSSR count). The van der Waals surface area contributed by atoms with Crippen LogP contribution in [0.25, 0.3) is 23.2 Å². The molecule has 1 aromatic carbocycles. The lowest BCUT2D eigenvalue weighted by atomic mass is 9.97. The zero-order valence-corrected chi connectivity index (χ0v) is 15.9. The molecule has 2 aliphatic heterocycles. The van der Waals surface area contributed by atoms with Gasteiger partial charge in [0.25, 0.3) is 0 Å². The van der Waals surface area contributed by atoms with E-state index in [0.29, 0.717) is 12.1 Å². The van der Waals surface area contributed by atoms with Crippen LogP contribution < -0.4 is 0 Å². The Bertz CT molecular complexity index is 1020. The van der Waals surface area contributed by atoms with Crippen LogP contribution in [0.2, 0.25) is 5.02 Å². The molecular weight excluding hydrogens is 342 g/mol. The summed E-state index contributed by atoms with van der Waals surface area (Å²) >= 11 is 6.35. The van der Waals surface area contributed by atoms with Gasteiger partial charge >= 0.3 is 0 Å². The van der Waals surface area contributed by atoms with E-state index < -0.39 is 0 Å². The Labute approximate surface area is 158 Å². The zero-order valence-electron chi connectivity index (χ0n) is 15.1. The van der Waals surface area contributed by atoms with Crippen LogP contribution >= 0.6 is 11.6 Å². The van der Waals surface area contributed by atoms with Gasteiger partial charge in [-0.1, -0.05) is 17.7 Å². The van der Waals surface area contributed by atoms with Crippen LogP contribution in [0.5, 0.6) is 0 Å². The van der Waals surface area contributed by atoms with Gasteiger partial charge < -0.3 is 4.57 Å². The van der Waals surface area contributed by atoms with Crippen molar-refractivity contribution in [3.8, 4) is 0 Å². The molecule has 0 aliphatic carbocycles. The summed E-state index contributed by atoms with van der Waals surface area (Å²) in [6, 6.07) is 11.6. The Hall–Kier alpha value is -2.10. The molecule has 0 saturated carbocycles. The summed E-state index contributed by atoms with van der Waals surface area (Å²) in [7, 11) is 2.27. The molecule has 2 bridgehead atoms. The third kappa shape index (κ3) is 2.42. The molecule has 2 aliphatic rings. The Balaban J connectivity index is 1.68. The number of halogens is 1. The van der Waals surface area contributed by atoms with Crippen molar-refractivity contribution in [2.75, 3.05) is 7.05 Å². The number of pyridine rings is 1. The predicted octanol–water partition coefficient (Wildman–Crippen LogP) is 5.32. The smallest absolute Gasteiger partial charge is 0.0529 e. The maximum Gasteiger partial charge on any atom is 0.0529 e. The van der Waals surface area contributed by atoms with Gasteiger partial charge in [0.1, 0.15) is 0 Å². The molecule has 2 aromatic heterocycles. The number of rotatable bonds is 2. The second-order valence-corrected chi connectivity index (χ2v) is 7.99. The molecule has 2 unspecified atom stereocenters. The largest absolute Gasteiger partial charge is 0.320 e. The minimum atomic E-state index is 0.514. The molecule has 4 heteroatoms. The van der Waals surface area contributed by atoms with Crippen molar-refractivity contribution in [3.63, 3.8) is 0 Å². The third-order valence-corrected chi connectivity index (χ3v) is 6.30. The maximum atomic E-state index is 6.35. The summed E-state index contributed by atoms with van der Waals surface area (Å²) in [6.45, 7) is 2.01. The first kappa shape index (κ1) is 16.1. The lowest BCUT2D eigenvalue weighted by Crippen LogP contribution is -2.34. The fourth-order valence-corrected chi connectivity index (χ4v) is 4.85. The van der Waals surface area contributed by atoms with Gasteiger partial charge in [-0.2, -0.15) is 0 Å². The van der Waals surface area contributed by atoms with E-state index >= 15 is 0 Å². The van der Waals surface area contributed by atoms with Crippen molar-refractivity contribution in [2.24, 2.45) is 0 Å². The summed E-state index contributed by atoms with van der Waals surface area (Å²) < 4.78 is 2.37. The fourth-order valence-electron chi connectivity index (χ4n) is 4.68. The molecule has 2 atom stereocenters. The van der Waals surface area contributed by atoms with Crippen molar-refractivity contribution in [2.45, 2.75) is 38.3 Å². The highest BCUT2D eigenvalue weighted by Gasteiger charge is 2.40. The molecule has 3 aromatic rings. The quantitative estimate of drug-likeness (QED) is 0.614. The minimum absolute atomic E-state index is 0.514. The molecule has 3 nitrogen and oxygen atoms in total. The highest BCUT2D eigenvalue weighted by molar-refractivity contribution is 6.31. The van der Waals surface area contributed by atoms with E-state index in [1.54, 1.807) is 0 Å². The number of likely N-dealkylation sites (N-methyl/N-ethyl adjacent to an activating group) is 1. The fraction of sp³-hybridized carbons (Fsp3) is 0.318. The Morgan fingerprint density at radius 2 is 2.08 bits per heavy atom. The molecule has 4 heterocycles. The molecule has 0 N–H and O–H groups in total. The second-order valence-electron chi connectivity index (χ2n) is 7.56. The SMILES string of the molecule is Cc1ccc(/C=C/n2c3c(c4cc(Cl)ccc42)C2CCC(C3)N2C)cn1. The molecule has 1 fully saturated rings. The van der Waals surface area contributed by atoms with Crippen LogP contribution in [0, 0.1) is 6.92 Å². The van der Waals surface area contributed by atoms with E-state index in [-0.39, 0.29) is 0 Å². The number of nitrogens with zero attached hydrogens (tertiary/aromatic N) is 3. The normalized spacial score (nSPS) is 22.4. The Morgan fingerprint density at radius 3 is 2.88 bits per heavy atom. The zero-order chi connectivity index (χ0) is 17.8. The number of benzene rings is 1. The van der Waals surface area contributed by atoms with Gasteiger partial charge in [-0.3, -0.25) is 9.88 Å². The lowest BCUT2D eigenvalue weighted by molar-refractivity contribution is 0.223. The Morgan fingerprint density at radius 1 is 1.19 bits per heavy atom. The topological polar surface area (TPSA) is 21.1 Å². The van der Waals surface area contributed by atoms with Gasteiger partial charge in [-0.05, 0) is 68.3 Å². The highest BCUT2D eigenvalue weighted by atomic mass is 35.5. The number of hydrogen-bond acceptors (Lipinski definition) is 2. The summed E-state index contributed by atoms with van der Waals surface area (Å²) in [5, 5.41) is 2.11. The van der Waals surface area contributed by atoms with E-state index in [4.69, 9.17) is 11.6 Å². The number of aromatic nitrogens is 2. The first-order valence-corrected chi connectivity index (χ1v) is 9.64.